The lowest BCUT2D eigenvalue weighted by Crippen LogP contribution is -2.38. The lowest BCUT2D eigenvalue weighted by atomic mass is 9.96. The van der Waals surface area contributed by atoms with E-state index in [-0.39, 0.29) is 11.9 Å². The zero-order chi connectivity index (χ0) is 15.0. The maximum Gasteiger partial charge on any atom is 0.231 e. The summed E-state index contributed by atoms with van der Waals surface area (Å²) >= 11 is 0. The monoisotopic (exact) mass is 288 g/mol. The van der Waals surface area contributed by atoms with E-state index < -0.39 is 0 Å². The van der Waals surface area contributed by atoms with Gasteiger partial charge in [0, 0.05) is 17.6 Å². The number of primary amides is 1. The fourth-order valence-electron chi connectivity index (χ4n) is 3.24. The Bertz CT molecular complexity index is 552. The van der Waals surface area contributed by atoms with Gasteiger partial charge in [0.05, 0.1) is 13.2 Å². The molecule has 4 nitrogen and oxygen atoms in total. The fraction of sp³-hybridized carbons (Fsp3) is 0.588. The number of rotatable bonds is 4. The normalized spacial score (nSPS) is 21.6. The van der Waals surface area contributed by atoms with Crippen molar-refractivity contribution in [1.29, 1.82) is 0 Å². The number of amides is 1. The van der Waals surface area contributed by atoms with Gasteiger partial charge < -0.3 is 10.5 Å². The van der Waals surface area contributed by atoms with E-state index >= 15 is 0 Å². The van der Waals surface area contributed by atoms with Crippen LogP contribution in [0.25, 0.3) is 0 Å². The van der Waals surface area contributed by atoms with E-state index in [1.807, 2.05) is 0 Å². The molecule has 1 saturated carbocycles. The number of carbonyl (C=O) groups excluding carboxylic acids is 1. The minimum absolute atomic E-state index is 0.238. The predicted molar refractivity (Wildman–Crippen MR) is 82.3 cm³/mol. The molecule has 0 saturated heterocycles. The van der Waals surface area contributed by atoms with E-state index in [0.717, 1.165) is 25.2 Å². The zero-order valence-electron chi connectivity index (χ0n) is 12.9. The molecule has 0 aromatic heterocycles. The van der Waals surface area contributed by atoms with Gasteiger partial charge in [-0.25, -0.2) is 0 Å². The number of fused-ring (bicyclic) bond motifs is 1. The molecule has 0 spiro atoms. The minimum Gasteiger partial charge on any atom is -0.493 e. The van der Waals surface area contributed by atoms with Crippen LogP contribution in [-0.4, -0.2) is 30.0 Å². The SMILES string of the molecule is Cc1cc2c(cc1C)[C@H](N(CC(N)=O)C1CC1)CCCO2. The molecular weight excluding hydrogens is 264 g/mol. The first-order valence-corrected chi connectivity index (χ1v) is 7.84. The Morgan fingerprint density at radius 3 is 2.67 bits per heavy atom. The van der Waals surface area contributed by atoms with E-state index in [2.05, 4.69) is 30.9 Å². The van der Waals surface area contributed by atoms with Crippen LogP contribution in [0.2, 0.25) is 0 Å². The number of ether oxygens (including phenoxy) is 1. The quantitative estimate of drug-likeness (QED) is 0.926. The first-order valence-electron chi connectivity index (χ1n) is 7.84. The van der Waals surface area contributed by atoms with Crippen molar-refractivity contribution in [2.24, 2.45) is 5.73 Å². The molecule has 114 valence electrons. The van der Waals surface area contributed by atoms with Crippen molar-refractivity contribution in [2.75, 3.05) is 13.2 Å². The standard InChI is InChI=1S/C17H24N2O2/c1-11-8-14-15(19(10-17(18)20)13-5-6-13)4-3-7-21-16(14)9-12(11)2/h8-9,13,15H,3-7,10H2,1-2H3,(H2,18,20)/t15-/m1/s1. The summed E-state index contributed by atoms with van der Waals surface area (Å²) < 4.78 is 5.93. The second-order valence-electron chi connectivity index (χ2n) is 6.35. The van der Waals surface area contributed by atoms with Gasteiger partial charge in [0.15, 0.2) is 0 Å². The minimum atomic E-state index is -0.238. The highest BCUT2D eigenvalue weighted by atomic mass is 16.5. The van der Waals surface area contributed by atoms with E-state index in [9.17, 15) is 4.79 Å². The Hall–Kier alpha value is -1.55. The average Bonchev–Trinajstić information content (AvgIpc) is 3.24. The maximum atomic E-state index is 11.5. The number of nitrogens with zero attached hydrogens (tertiary/aromatic N) is 1. The van der Waals surface area contributed by atoms with Crippen molar-refractivity contribution in [3.8, 4) is 5.75 Å². The van der Waals surface area contributed by atoms with Crippen molar-refractivity contribution in [3.63, 3.8) is 0 Å². The topological polar surface area (TPSA) is 55.6 Å². The molecular formula is C17H24N2O2. The van der Waals surface area contributed by atoms with Crippen molar-refractivity contribution >= 4 is 5.91 Å². The van der Waals surface area contributed by atoms with E-state index in [0.29, 0.717) is 12.6 Å². The maximum absolute atomic E-state index is 11.5. The molecule has 2 N–H and O–H groups in total. The molecule has 4 heteroatoms. The Morgan fingerprint density at radius 1 is 1.29 bits per heavy atom. The lowest BCUT2D eigenvalue weighted by Gasteiger charge is -2.31. The number of benzene rings is 1. The van der Waals surface area contributed by atoms with E-state index in [1.165, 1.54) is 29.5 Å². The fourth-order valence-corrected chi connectivity index (χ4v) is 3.24. The van der Waals surface area contributed by atoms with Gasteiger partial charge in [-0.05, 0) is 56.7 Å². The summed E-state index contributed by atoms with van der Waals surface area (Å²) in [5.74, 6) is 0.744. The highest BCUT2D eigenvalue weighted by Gasteiger charge is 2.37. The van der Waals surface area contributed by atoms with Gasteiger partial charge >= 0.3 is 0 Å². The third-order valence-corrected chi connectivity index (χ3v) is 4.62. The average molecular weight is 288 g/mol. The van der Waals surface area contributed by atoms with Gasteiger partial charge in [0.2, 0.25) is 5.91 Å². The molecule has 0 radical (unpaired) electrons. The molecule has 1 aromatic carbocycles. The molecule has 1 amide bonds. The van der Waals surface area contributed by atoms with Crippen LogP contribution < -0.4 is 10.5 Å². The Morgan fingerprint density at radius 2 is 2.00 bits per heavy atom. The molecule has 0 unspecified atom stereocenters. The Kier molecular flexibility index (Phi) is 3.89. The molecule has 1 atom stereocenters. The summed E-state index contributed by atoms with van der Waals surface area (Å²) in [6.07, 6.45) is 4.38. The summed E-state index contributed by atoms with van der Waals surface area (Å²) in [6.45, 7) is 5.34. The van der Waals surface area contributed by atoms with Crippen LogP contribution in [-0.2, 0) is 4.79 Å². The van der Waals surface area contributed by atoms with Gasteiger partial charge in [0.1, 0.15) is 5.75 Å². The van der Waals surface area contributed by atoms with Crippen molar-refractivity contribution in [1.82, 2.24) is 4.90 Å². The predicted octanol–water partition coefficient (Wildman–Crippen LogP) is 2.47. The Labute approximate surface area is 126 Å². The smallest absolute Gasteiger partial charge is 0.231 e. The summed E-state index contributed by atoms with van der Waals surface area (Å²) in [5, 5.41) is 0. The molecule has 2 aliphatic rings. The summed E-state index contributed by atoms with van der Waals surface area (Å²) in [4.78, 5) is 13.7. The van der Waals surface area contributed by atoms with Gasteiger partial charge in [-0.2, -0.15) is 0 Å². The van der Waals surface area contributed by atoms with E-state index in [1.54, 1.807) is 0 Å². The third kappa shape index (κ3) is 3.05. The summed E-state index contributed by atoms with van der Waals surface area (Å²) in [6, 6.07) is 5.13. The van der Waals surface area contributed by atoms with Gasteiger partial charge in [-0.3, -0.25) is 9.69 Å². The highest BCUT2D eigenvalue weighted by Crippen LogP contribution is 2.41. The Balaban J connectivity index is 1.98. The van der Waals surface area contributed by atoms with E-state index in [4.69, 9.17) is 10.5 Å². The second kappa shape index (κ2) is 5.68. The largest absolute Gasteiger partial charge is 0.493 e. The molecule has 1 heterocycles. The first kappa shape index (κ1) is 14.4. The van der Waals surface area contributed by atoms with Gasteiger partial charge in [0.25, 0.3) is 0 Å². The molecule has 1 aliphatic heterocycles. The highest BCUT2D eigenvalue weighted by molar-refractivity contribution is 5.76. The third-order valence-electron chi connectivity index (χ3n) is 4.62. The molecule has 1 aliphatic carbocycles. The van der Waals surface area contributed by atoms with Crippen molar-refractivity contribution < 1.29 is 9.53 Å². The molecule has 1 fully saturated rings. The summed E-state index contributed by atoms with van der Waals surface area (Å²) in [7, 11) is 0. The van der Waals surface area contributed by atoms with Crippen molar-refractivity contribution in [2.45, 2.75) is 51.6 Å². The van der Waals surface area contributed by atoms with Crippen LogP contribution in [0.15, 0.2) is 12.1 Å². The van der Waals surface area contributed by atoms with Gasteiger partial charge in [-0.1, -0.05) is 6.07 Å². The first-order chi connectivity index (χ1) is 10.1. The summed E-state index contributed by atoms with van der Waals surface area (Å²) in [5.41, 5.74) is 9.22. The number of nitrogens with two attached hydrogens (primary N) is 1. The van der Waals surface area contributed by atoms with Crippen molar-refractivity contribution in [3.05, 3.63) is 28.8 Å². The second-order valence-corrected chi connectivity index (χ2v) is 6.35. The molecule has 1 aromatic rings. The zero-order valence-corrected chi connectivity index (χ0v) is 12.9. The van der Waals surface area contributed by atoms with Crippen LogP contribution in [0.4, 0.5) is 0 Å². The van der Waals surface area contributed by atoms with Crippen LogP contribution in [0.1, 0.15) is 48.4 Å². The number of hydrogen-bond acceptors (Lipinski definition) is 3. The van der Waals surface area contributed by atoms with Crippen LogP contribution in [0, 0.1) is 13.8 Å². The number of aryl methyl sites for hydroxylation is 2. The van der Waals surface area contributed by atoms with Gasteiger partial charge in [-0.15, -0.1) is 0 Å². The number of hydrogen-bond donors (Lipinski definition) is 1. The molecule has 0 bridgehead atoms. The lowest BCUT2D eigenvalue weighted by molar-refractivity contribution is -0.120. The van der Waals surface area contributed by atoms with Crippen LogP contribution in [0.3, 0.4) is 0 Å². The van der Waals surface area contributed by atoms with Crippen LogP contribution >= 0.6 is 0 Å². The van der Waals surface area contributed by atoms with Crippen LogP contribution in [0.5, 0.6) is 5.75 Å². The molecule has 3 rings (SSSR count). The molecule has 21 heavy (non-hydrogen) atoms. The number of carbonyl (C=O) groups is 1.